The first kappa shape index (κ1) is 18.6. The summed E-state index contributed by atoms with van der Waals surface area (Å²) in [6, 6.07) is 12.0. The molecule has 5 nitrogen and oxygen atoms in total. The van der Waals surface area contributed by atoms with Crippen LogP contribution in [-0.2, 0) is 6.73 Å². The van der Waals surface area contributed by atoms with Gasteiger partial charge in [-0.05, 0) is 42.8 Å². The summed E-state index contributed by atoms with van der Waals surface area (Å²) in [5.41, 5.74) is 1.58. The van der Waals surface area contributed by atoms with Gasteiger partial charge in [0.2, 0.25) is 0 Å². The molecule has 0 aliphatic carbocycles. The van der Waals surface area contributed by atoms with Crippen LogP contribution in [0.1, 0.15) is 16.1 Å². The lowest BCUT2D eigenvalue weighted by molar-refractivity contribution is 0.102. The number of para-hydroxylation sites is 1. The number of ether oxygens (including phenoxy) is 1. The Morgan fingerprint density at radius 3 is 2.58 bits per heavy atom. The van der Waals surface area contributed by atoms with Crippen LogP contribution in [0.2, 0.25) is 15.1 Å². The summed E-state index contributed by atoms with van der Waals surface area (Å²) in [5.74, 6) is 0.128. The molecule has 0 saturated carbocycles. The average molecular weight is 411 g/mol. The van der Waals surface area contributed by atoms with Crippen LogP contribution in [0.15, 0.2) is 48.7 Å². The molecule has 0 aliphatic rings. The maximum atomic E-state index is 12.3. The van der Waals surface area contributed by atoms with E-state index in [1.165, 1.54) is 4.68 Å². The van der Waals surface area contributed by atoms with E-state index in [0.29, 0.717) is 26.5 Å². The van der Waals surface area contributed by atoms with Crippen molar-refractivity contribution in [2.24, 2.45) is 0 Å². The molecule has 1 amide bonds. The molecule has 134 valence electrons. The van der Waals surface area contributed by atoms with Gasteiger partial charge in [0, 0.05) is 6.20 Å². The van der Waals surface area contributed by atoms with Crippen molar-refractivity contribution < 1.29 is 9.53 Å². The van der Waals surface area contributed by atoms with Crippen molar-refractivity contribution in [1.82, 2.24) is 9.78 Å². The van der Waals surface area contributed by atoms with Gasteiger partial charge < -0.3 is 10.1 Å². The lowest BCUT2D eigenvalue weighted by Crippen LogP contribution is -2.15. The number of benzene rings is 2. The van der Waals surface area contributed by atoms with E-state index in [1.807, 2.05) is 19.1 Å². The van der Waals surface area contributed by atoms with Crippen LogP contribution in [0.5, 0.6) is 5.75 Å². The van der Waals surface area contributed by atoms with Gasteiger partial charge in [0.25, 0.3) is 5.91 Å². The van der Waals surface area contributed by atoms with Gasteiger partial charge in [0.15, 0.2) is 12.4 Å². The highest BCUT2D eigenvalue weighted by molar-refractivity contribution is 6.40. The summed E-state index contributed by atoms with van der Waals surface area (Å²) in [7, 11) is 0. The molecule has 3 rings (SSSR count). The fraction of sp³-hybridized carbons (Fsp3) is 0.111. The van der Waals surface area contributed by atoms with Gasteiger partial charge >= 0.3 is 0 Å². The second-order valence-corrected chi connectivity index (χ2v) is 6.72. The number of hydrogen-bond donors (Lipinski definition) is 1. The molecule has 1 aromatic heterocycles. The number of hydrogen-bond acceptors (Lipinski definition) is 3. The number of rotatable bonds is 5. The molecule has 1 heterocycles. The first-order chi connectivity index (χ1) is 12.4. The van der Waals surface area contributed by atoms with Crippen LogP contribution in [0, 0.1) is 6.92 Å². The second-order valence-electron chi connectivity index (χ2n) is 5.50. The number of carbonyl (C=O) groups excluding carboxylic acids is 1. The van der Waals surface area contributed by atoms with Gasteiger partial charge in [-0.15, -0.1) is 0 Å². The Morgan fingerprint density at radius 1 is 1.12 bits per heavy atom. The van der Waals surface area contributed by atoms with Gasteiger partial charge in [0.1, 0.15) is 5.75 Å². The Bertz CT molecular complexity index is 936. The third kappa shape index (κ3) is 4.30. The number of anilines is 1. The predicted octanol–water partition coefficient (Wildman–Crippen LogP) is 5.44. The lowest BCUT2D eigenvalue weighted by Gasteiger charge is -2.09. The molecule has 2 aromatic carbocycles. The van der Waals surface area contributed by atoms with Gasteiger partial charge in [-0.1, -0.05) is 46.9 Å². The monoisotopic (exact) mass is 409 g/mol. The van der Waals surface area contributed by atoms with Gasteiger partial charge in [0.05, 0.1) is 20.8 Å². The standard InChI is InChI=1S/C18H14Cl3N3O2/c1-11-5-6-12(19)16(9-11)26-10-24-8-7-15(23-24)18(25)22-17-13(20)3-2-4-14(17)21/h2-9H,10H2,1H3,(H,22,25). The third-order valence-electron chi connectivity index (χ3n) is 3.51. The van der Waals surface area contributed by atoms with E-state index >= 15 is 0 Å². The van der Waals surface area contributed by atoms with Crippen LogP contribution < -0.4 is 10.1 Å². The third-order valence-corrected chi connectivity index (χ3v) is 4.46. The SMILES string of the molecule is Cc1ccc(Cl)c(OCn2ccc(C(=O)Nc3c(Cl)cccc3Cl)n2)c1. The molecule has 26 heavy (non-hydrogen) atoms. The van der Waals surface area contributed by atoms with Crippen molar-refractivity contribution >= 4 is 46.4 Å². The molecule has 8 heteroatoms. The molecular weight excluding hydrogens is 397 g/mol. The summed E-state index contributed by atoms with van der Waals surface area (Å²) < 4.78 is 7.14. The molecule has 0 spiro atoms. The van der Waals surface area contributed by atoms with Crippen LogP contribution in [-0.4, -0.2) is 15.7 Å². The summed E-state index contributed by atoms with van der Waals surface area (Å²) >= 11 is 18.2. The molecule has 0 aliphatic heterocycles. The van der Waals surface area contributed by atoms with Crippen molar-refractivity contribution in [2.75, 3.05) is 5.32 Å². The highest BCUT2D eigenvalue weighted by atomic mass is 35.5. The maximum Gasteiger partial charge on any atom is 0.276 e. The zero-order chi connectivity index (χ0) is 18.7. The minimum Gasteiger partial charge on any atom is -0.470 e. The molecule has 0 unspecified atom stereocenters. The van der Waals surface area contributed by atoms with Crippen molar-refractivity contribution in [1.29, 1.82) is 0 Å². The summed E-state index contributed by atoms with van der Waals surface area (Å²) in [5, 5.41) is 8.05. The second kappa shape index (κ2) is 7.99. The number of carbonyl (C=O) groups is 1. The molecule has 3 aromatic rings. The zero-order valence-corrected chi connectivity index (χ0v) is 15.9. The largest absolute Gasteiger partial charge is 0.470 e. The lowest BCUT2D eigenvalue weighted by atomic mass is 10.2. The molecule has 0 radical (unpaired) electrons. The van der Waals surface area contributed by atoms with Crippen molar-refractivity contribution in [3.63, 3.8) is 0 Å². The van der Waals surface area contributed by atoms with Crippen molar-refractivity contribution in [2.45, 2.75) is 13.7 Å². The Labute approximate surface area is 165 Å². The van der Waals surface area contributed by atoms with E-state index in [4.69, 9.17) is 39.5 Å². The summed E-state index contributed by atoms with van der Waals surface area (Å²) in [4.78, 5) is 12.3. The smallest absolute Gasteiger partial charge is 0.276 e. The molecular formula is C18H14Cl3N3O2. The Morgan fingerprint density at radius 2 is 1.85 bits per heavy atom. The molecule has 0 bridgehead atoms. The quantitative estimate of drug-likeness (QED) is 0.609. The minimum atomic E-state index is -0.424. The topological polar surface area (TPSA) is 56.1 Å². The molecule has 1 N–H and O–H groups in total. The number of nitrogens with zero attached hydrogens (tertiary/aromatic N) is 2. The Kier molecular flexibility index (Phi) is 5.71. The molecule has 0 saturated heterocycles. The van der Waals surface area contributed by atoms with E-state index in [0.717, 1.165) is 5.56 Å². The normalized spacial score (nSPS) is 10.6. The zero-order valence-electron chi connectivity index (χ0n) is 13.7. The fourth-order valence-electron chi connectivity index (χ4n) is 2.21. The Balaban J connectivity index is 1.67. The maximum absolute atomic E-state index is 12.3. The summed E-state index contributed by atoms with van der Waals surface area (Å²) in [6.45, 7) is 2.06. The predicted molar refractivity (Wildman–Crippen MR) is 103 cm³/mol. The van der Waals surface area contributed by atoms with E-state index in [1.54, 1.807) is 36.5 Å². The first-order valence-electron chi connectivity index (χ1n) is 7.62. The molecule has 0 atom stereocenters. The van der Waals surface area contributed by atoms with Crippen molar-refractivity contribution in [3.05, 3.63) is 75.0 Å². The first-order valence-corrected chi connectivity index (χ1v) is 8.75. The van der Waals surface area contributed by atoms with Crippen LogP contribution in [0.25, 0.3) is 0 Å². The fourth-order valence-corrected chi connectivity index (χ4v) is 2.87. The van der Waals surface area contributed by atoms with Gasteiger partial charge in [-0.2, -0.15) is 5.10 Å². The van der Waals surface area contributed by atoms with Gasteiger partial charge in [-0.25, -0.2) is 4.68 Å². The highest BCUT2D eigenvalue weighted by Crippen LogP contribution is 2.30. The van der Waals surface area contributed by atoms with Gasteiger partial charge in [-0.3, -0.25) is 4.79 Å². The van der Waals surface area contributed by atoms with E-state index < -0.39 is 5.91 Å². The Hall–Kier alpha value is -2.21. The summed E-state index contributed by atoms with van der Waals surface area (Å²) in [6.07, 6.45) is 1.63. The van der Waals surface area contributed by atoms with Crippen LogP contribution in [0.3, 0.4) is 0 Å². The van der Waals surface area contributed by atoms with E-state index in [2.05, 4.69) is 10.4 Å². The van der Waals surface area contributed by atoms with E-state index in [-0.39, 0.29) is 12.4 Å². The number of aromatic nitrogens is 2. The number of aryl methyl sites for hydroxylation is 1. The minimum absolute atomic E-state index is 0.114. The van der Waals surface area contributed by atoms with E-state index in [9.17, 15) is 4.79 Å². The highest BCUT2D eigenvalue weighted by Gasteiger charge is 2.14. The van der Waals surface area contributed by atoms with Crippen LogP contribution in [0.4, 0.5) is 5.69 Å². The number of nitrogens with one attached hydrogen (secondary N) is 1. The number of amides is 1. The van der Waals surface area contributed by atoms with Crippen molar-refractivity contribution in [3.8, 4) is 5.75 Å². The number of halogens is 3. The molecule has 0 fully saturated rings. The average Bonchev–Trinajstić information content (AvgIpc) is 3.08. The van der Waals surface area contributed by atoms with Crippen LogP contribution >= 0.6 is 34.8 Å².